The van der Waals surface area contributed by atoms with Crippen LogP contribution in [-0.2, 0) is 36.8 Å². The minimum absolute atomic E-state index is 0.0220. The number of hydrogen-bond donors (Lipinski definition) is 11. The van der Waals surface area contributed by atoms with Crippen molar-refractivity contribution in [2.75, 3.05) is 40.8 Å². The third-order valence-electron chi connectivity index (χ3n) is 8.18. The van der Waals surface area contributed by atoms with Crippen molar-refractivity contribution in [3.05, 3.63) is 47.5 Å². The van der Waals surface area contributed by atoms with Crippen molar-refractivity contribution in [1.29, 1.82) is 0 Å². The number of nitrogens with two attached hydrogens (primary N) is 1. The van der Waals surface area contributed by atoms with E-state index in [2.05, 4.69) is 37.2 Å². The van der Waals surface area contributed by atoms with Gasteiger partial charge in [0, 0.05) is 25.9 Å². The molecule has 5 amide bonds. The van der Waals surface area contributed by atoms with Crippen LogP contribution in [0.15, 0.2) is 36.4 Å². The van der Waals surface area contributed by atoms with Crippen molar-refractivity contribution >= 4 is 29.5 Å². The van der Waals surface area contributed by atoms with Gasteiger partial charge in [-0.25, -0.2) is 0 Å². The summed E-state index contributed by atoms with van der Waals surface area (Å²) >= 11 is 0. The van der Waals surface area contributed by atoms with Crippen molar-refractivity contribution in [3.63, 3.8) is 0 Å². The van der Waals surface area contributed by atoms with E-state index in [9.17, 15) is 39.3 Å². The van der Waals surface area contributed by atoms with E-state index in [0.29, 0.717) is 29.7 Å². The molecule has 5 atom stereocenters. The topological polar surface area (TPSA) is 256 Å². The number of likely N-dealkylation sites (N-methyl/N-ethyl adjacent to an activating group) is 2. The molecule has 0 aliphatic carbocycles. The Labute approximate surface area is 285 Å². The molecule has 16 heteroatoms. The Bertz CT molecular complexity index is 1490. The van der Waals surface area contributed by atoms with E-state index in [4.69, 9.17) is 5.73 Å². The molecular weight excluding hydrogens is 636 g/mol. The van der Waals surface area contributed by atoms with E-state index in [-0.39, 0.29) is 49.4 Å². The molecule has 2 aromatic carbocycles. The van der Waals surface area contributed by atoms with Gasteiger partial charge < -0.3 is 58.3 Å². The lowest BCUT2D eigenvalue weighted by Gasteiger charge is -2.26. The van der Waals surface area contributed by atoms with Gasteiger partial charge in [-0.05, 0) is 87.0 Å². The van der Waals surface area contributed by atoms with E-state index < -0.39 is 66.2 Å². The van der Waals surface area contributed by atoms with Crippen molar-refractivity contribution in [2.45, 2.75) is 62.4 Å². The first-order valence-corrected chi connectivity index (χ1v) is 16.1. The molecule has 3 rings (SSSR count). The third kappa shape index (κ3) is 11.4. The lowest BCUT2D eigenvalue weighted by molar-refractivity contribution is -0.134. The summed E-state index contributed by atoms with van der Waals surface area (Å²) in [5.41, 5.74) is 7.41. The van der Waals surface area contributed by atoms with Crippen LogP contribution in [0, 0.1) is 0 Å². The number of fused-ring (bicyclic) bond motifs is 5. The number of aliphatic hydroxyl groups is 1. The van der Waals surface area contributed by atoms with Crippen molar-refractivity contribution in [2.24, 2.45) is 5.73 Å². The summed E-state index contributed by atoms with van der Waals surface area (Å²) in [5.74, 6) is -3.92. The van der Waals surface area contributed by atoms with Gasteiger partial charge >= 0.3 is 0 Å². The zero-order valence-electron chi connectivity index (χ0n) is 28.0. The standard InChI is InChI=1S/C33H48N8O8/c1-35-10-4-5-23-31(47)40-25(33(49)41-26(15-29(34)45)30(46)38-17-22(42)16-36-2)14-21-12-19(7-9-28(21)44)18-6-8-27(43)20(11-18)13-24(37-3)32(48)39-23/h6-9,11-12,22-26,35-37,42-44H,4-5,10,13-17H2,1-3H3,(H2,34,45)(H,38,46)(H,39,48)(H,40,47)(H,41,49)/t22?,23-,24-,25-,26-/m0/s1. The molecule has 0 fully saturated rings. The molecule has 1 heterocycles. The Morgan fingerprint density at radius 2 is 1.53 bits per heavy atom. The van der Waals surface area contributed by atoms with Gasteiger partial charge in [0.2, 0.25) is 29.5 Å². The lowest BCUT2D eigenvalue weighted by Crippen LogP contribution is -2.59. The zero-order chi connectivity index (χ0) is 36.1. The molecular formula is C33H48N8O8. The van der Waals surface area contributed by atoms with E-state index in [1.54, 1.807) is 45.4 Å². The Balaban J connectivity index is 2.05. The van der Waals surface area contributed by atoms with Crippen LogP contribution in [0.5, 0.6) is 11.5 Å². The fourth-order valence-electron chi connectivity index (χ4n) is 5.46. The number of phenols is 2. The number of benzene rings is 2. The molecule has 12 N–H and O–H groups in total. The SMILES string of the molecule is CNCCC[C@@H]1NC(=O)[C@@H](NC)Cc2cc(ccc2O)-c2ccc(O)c(c2)C[C@@H](C(=O)N[C@@H](CC(N)=O)C(=O)NCC(O)CNC)NC1=O. The van der Waals surface area contributed by atoms with Gasteiger partial charge in [0.05, 0.1) is 18.6 Å². The van der Waals surface area contributed by atoms with E-state index in [1.165, 1.54) is 12.1 Å². The monoisotopic (exact) mass is 684 g/mol. The minimum atomic E-state index is -1.45. The highest BCUT2D eigenvalue weighted by Gasteiger charge is 2.32. The normalized spacial score (nSPS) is 19.3. The zero-order valence-corrected chi connectivity index (χ0v) is 28.0. The Hall–Kier alpha value is -4.77. The lowest BCUT2D eigenvalue weighted by atomic mass is 9.95. The molecule has 2 aromatic rings. The average molecular weight is 685 g/mol. The second kappa shape index (κ2) is 18.7. The number of rotatable bonds is 14. The molecule has 16 nitrogen and oxygen atoms in total. The predicted octanol–water partition coefficient (Wildman–Crippen LogP) is -2.52. The number of primary amides is 1. The van der Waals surface area contributed by atoms with Crippen LogP contribution in [0.4, 0.5) is 0 Å². The van der Waals surface area contributed by atoms with E-state index >= 15 is 0 Å². The van der Waals surface area contributed by atoms with Crippen LogP contribution in [-0.4, -0.2) is 116 Å². The van der Waals surface area contributed by atoms with E-state index in [1.807, 2.05) is 0 Å². The summed E-state index contributed by atoms with van der Waals surface area (Å²) in [6.45, 7) is 0.538. The number of carbonyl (C=O) groups is 5. The summed E-state index contributed by atoms with van der Waals surface area (Å²) in [6, 6.07) is 4.86. The first kappa shape index (κ1) is 38.7. The Kier molecular flexibility index (Phi) is 14.8. The number of hydrogen-bond acceptors (Lipinski definition) is 11. The molecule has 0 saturated carbocycles. The minimum Gasteiger partial charge on any atom is -0.508 e. The highest BCUT2D eigenvalue weighted by molar-refractivity contribution is 5.96. The second-order valence-corrected chi connectivity index (χ2v) is 12.0. The van der Waals surface area contributed by atoms with Gasteiger partial charge in [-0.1, -0.05) is 12.1 Å². The highest BCUT2D eigenvalue weighted by Crippen LogP contribution is 2.31. The van der Waals surface area contributed by atoms with Gasteiger partial charge in [0.15, 0.2) is 0 Å². The van der Waals surface area contributed by atoms with Gasteiger partial charge in [0.1, 0.15) is 29.6 Å². The average Bonchev–Trinajstić information content (AvgIpc) is 3.06. The van der Waals surface area contributed by atoms with Crippen molar-refractivity contribution < 1.29 is 39.3 Å². The molecule has 0 saturated heterocycles. The molecule has 1 aliphatic rings. The number of amides is 5. The van der Waals surface area contributed by atoms with E-state index in [0.717, 1.165) is 0 Å². The number of phenolic OH excluding ortho intramolecular Hbond substituents is 2. The summed E-state index contributed by atoms with van der Waals surface area (Å²) in [6.07, 6.45) is -0.978. The molecule has 1 unspecified atom stereocenters. The van der Waals surface area contributed by atoms with Gasteiger partial charge in [0.25, 0.3) is 0 Å². The summed E-state index contributed by atoms with van der Waals surface area (Å²) in [5, 5.41) is 50.6. The molecule has 0 aromatic heterocycles. The molecule has 4 bridgehead atoms. The maximum Gasteiger partial charge on any atom is 0.243 e. The summed E-state index contributed by atoms with van der Waals surface area (Å²) in [7, 11) is 4.95. The van der Waals surface area contributed by atoms with Crippen LogP contribution >= 0.6 is 0 Å². The molecule has 268 valence electrons. The Morgan fingerprint density at radius 1 is 0.898 bits per heavy atom. The molecule has 49 heavy (non-hydrogen) atoms. The van der Waals surface area contributed by atoms with Gasteiger partial charge in [-0.15, -0.1) is 0 Å². The fraction of sp³-hybridized carbons (Fsp3) is 0.485. The number of aromatic hydroxyl groups is 2. The second-order valence-electron chi connectivity index (χ2n) is 12.0. The quantitative estimate of drug-likeness (QED) is 0.0926. The van der Waals surface area contributed by atoms with Crippen LogP contribution in [0.3, 0.4) is 0 Å². The number of carbonyl (C=O) groups excluding carboxylic acids is 5. The Morgan fingerprint density at radius 3 is 2.10 bits per heavy atom. The predicted molar refractivity (Wildman–Crippen MR) is 181 cm³/mol. The fourth-order valence-corrected chi connectivity index (χ4v) is 5.46. The van der Waals surface area contributed by atoms with Crippen LogP contribution in [0.25, 0.3) is 11.1 Å². The van der Waals surface area contributed by atoms with Crippen LogP contribution in [0.1, 0.15) is 30.4 Å². The summed E-state index contributed by atoms with van der Waals surface area (Å²) in [4.78, 5) is 66.0. The highest BCUT2D eigenvalue weighted by atomic mass is 16.3. The van der Waals surface area contributed by atoms with Crippen molar-refractivity contribution in [3.8, 4) is 22.6 Å². The molecule has 0 spiro atoms. The van der Waals surface area contributed by atoms with Crippen LogP contribution in [0.2, 0.25) is 0 Å². The first-order chi connectivity index (χ1) is 23.4. The smallest absolute Gasteiger partial charge is 0.243 e. The van der Waals surface area contributed by atoms with Crippen molar-refractivity contribution in [1.82, 2.24) is 37.2 Å². The van der Waals surface area contributed by atoms with Gasteiger partial charge in [-0.2, -0.15) is 0 Å². The maximum absolute atomic E-state index is 13.9. The largest absolute Gasteiger partial charge is 0.508 e. The molecule has 0 radical (unpaired) electrons. The first-order valence-electron chi connectivity index (χ1n) is 16.1. The summed E-state index contributed by atoms with van der Waals surface area (Å²) < 4.78 is 0. The number of nitrogens with one attached hydrogen (secondary N) is 7. The third-order valence-corrected chi connectivity index (χ3v) is 8.18. The molecule has 1 aliphatic heterocycles. The maximum atomic E-state index is 13.9. The van der Waals surface area contributed by atoms with Gasteiger partial charge in [-0.3, -0.25) is 24.0 Å². The van der Waals surface area contributed by atoms with Crippen LogP contribution < -0.4 is 43.0 Å². The number of aliphatic hydroxyl groups excluding tert-OH is 1.